The molecule has 3 aliphatic rings. The highest BCUT2D eigenvalue weighted by Crippen LogP contribution is 2.58. The Balaban J connectivity index is 0.0000000980. The minimum Gasteiger partial charge on any atom is -0.455 e. The Hall–Kier alpha value is -19.3. The van der Waals surface area contributed by atoms with Crippen molar-refractivity contribution in [2.45, 2.75) is 0 Å². The number of aromatic nitrogens is 6. The Labute approximate surface area is 831 Å². The zero-order valence-electron chi connectivity index (χ0n) is 78.4. The van der Waals surface area contributed by atoms with Crippen molar-refractivity contribution >= 4 is 185 Å². The van der Waals surface area contributed by atoms with Crippen LogP contribution in [0.5, 0.6) is 0 Å². The average Bonchev–Trinajstić information content (AvgIpc) is 1.52. The van der Waals surface area contributed by atoms with E-state index in [0.29, 0.717) is 0 Å². The SMILES string of the molecule is c1ccc(-c2cccc(-n3c4cccc5c4c4c6c(cccc6ccc43)-c3cc4c6ccccc6n(-c6ccccc6)c4cc3-5)c2)cc1.c1ccc(-n2c3ccccc3c3cc4c(cc32)-c2cccc3c2c2c5c-4cccc5ccc2n3-c2ccccc2)cc1.c1ccc2c(c1)-c1cccc3c4oc5ccccc5c4c4c(c13)c1c-2cccc1n4-c1ccc(-c2ccc(-n3c4ccccc4c4ccccc43)cc2)cc1. The molecule has 145 heavy (non-hydrogen) atoms. The van der Waals surface area contributed by atoms with Crippen LogP contribution in [0.4, 0.5) is 0 Å². The number of para-hydroxylation sites is 8. The van der Waals surface area contributed by atoms with Crippen molar-refractivity contribution in [1.29, 1.82) is 0 Å². The molecule has 0 bridgehead atoms. The lowest BCUT2D eigenvalue weighted by atomic mass is 9.91. The lowest BCUT2D eigenvalue weighted by Crippen LogP contribution is -1.96. The van der Waals surface area contributed by atoms with Crippen LogP contribution in [0, 0.1) is 0 Å². The first-order chi connectivity index (χ1) is 72.0. The summed E-state index contributed by atoms with van der Waals surface area (Å²) in [5.41, 5.74) is 43.7. The Morgan fingerprint density at radius 3 is 0.931 bits per heavy atom. The molecule has 7 heteroatoms. The summed E-state index contributed by atoms with van der Waals surface area (Å²) in [6, 6.07) is 182. The number of benzene rings is 24. The molecule has 34 rings (SSSR count). The Bertz CT molecular complexity index is 11000. The monoisotopic (exact) mass is 1840 g/mol. The van der Waals surface area contributed by atoms with Crippen molar-refractivity contribution in [2.75, 3.05) is 0 Å². The molecule has 0 N–H and O–H groups in total. The molecule has 7 heterocycles. The molecule has 0 radical (unpaired) electrons. The maximum absolute atomic E-state index is 6.81. The van der Waals surface area contributed by atoms with E-state index in [1.807, 2.05) is 0 Å². The van der Waals surface area contributed by atoms with E-state index < -0.39 is 0 Å². The molecule has 7 aromatic heterocycles. The van der Waals surface area contributed by atoms with Gasteiger partial charge in [0.05, 0.1) is 71.6 Å². The van der Waals surface area contributed by atoms with E-state index in [1.165, 1.54) is 270 Å². The van der Waals surface area contributed by atoms with Gasteiger partial charge in [-0.3, -0.25) is 0 Å². The highest BCUT2D eigenvalue weighted by molar-refractivity contribution is 6.41. The summed E-state index contributed by atoms with van der Waals surface area (Å²) in [5, 5.41) is 25.5. The molecule has 0 amide bonds. The average molecular weight is 1840 g/mol. The molecule has 0 saturated heterocycles. The van der Waals surface area contributed by atoms with Gasteiger partial charge in [0.1, 0.15) is 11.2 Å². The van der Waals surface area contributed by atoms with Crippen LogP contribution in [-0.2, 0) is 0 Å². The van der Waals surface area contributed by atoms with Crippen LogP contribution in [-0.4, -0.2) is 27.4 Å². The topological polar surface area (TPSA) is 42.7 Å². The van der Waals surface area contributed by atoms with Gasteiger partial charge in [0.15, 0.2) is 0 Å². The smallest absolute Gasteiger partial charge is 0.145 e. The fourth-order valence-corrected chi connectivity index (χ4v) is 25.7. The van der Waals surface area contributed by atoms with Crippen LogP contribution < -0.4 is 0 Å². The molecule has 3 aliphatic carbocycles. The third-order valence-electron chi connectivity index (χ3n) is 31.7. The van der Waals surface area contributed by atoms with Crippen LogP contribution in [0.25, 0.3) is 308 Å². The van der Waals surface area contributed by atoms with E-state index in [-0.39, 0.29) is 0 Å². The first-order valence-electron chi connectivity index (χ1n) is 50.1. The molecule has 31 aromatic rings. The molecule has 24 aromatic carbocycles. The minimum absolute atomic E-state index is 0.908. The highest BCUT2D eigenvalue weighted by Gasteiger charge is 2.34. The summed E-state index contributed by atoms with van der Waals surface area (Å²) in [6.45, 7) is 0. The fourth-order valence-electron chi connectivity index (χ4n) is 25.7. The van der Waals surface area contributed by atoms with Gasteiger partial charge in [-0.1, -0.05) is 340 Å². The van der Waals surface area contributed by atoms with Crippen LogP contribution in [0.1, 0.15) is 0 Å². The number of fused-ring (bicyclic) bond motifs is 23. The van der Waals surface area contributed by atoms with Gasteiger partial charge in [0, 0.05) is 115 Å². The molecule has 670 valence electrons. The number of furan rings is 1. The number of hydrogen-bond acceptors (Lipinski definition) is 1. The van der Waals surface area contributed by atoms with Crippen molar-refractivity contribution in [3.8, 4) is 123 Å². The lowest BCUT2D eigenvalue weighted by Gasteiger charge is -2.15. The molecule has 0 aliphatic heterocycles. The molecule has 0 fully saturated rings. The summed E-state index contributed by atoms with van der Waals surface area (Å²) < 4.78 is 21.4. The predicted molar refractivity (Wildman–Crippen MR) is 609 cm³/mol. The zero-order valence-corrected chi connectivity index (χ0v) is 78.4. The van der Waals surface area contributed by atoms with Crippen molar-refractivity contribution in [1.82, 2.24) is 27.4 Å². The summed E-state index contributed by atoms with van der Waals surface area (Å²) in [5.74, 6) is 0. The second kappa shape index (κ2) is 30.6. The number of rotatable bonds is 8. The largest absolute Gasteiger partial charge is 0.455 e. The van der Waals surface area contributed by atoms with Gasteiger partial charge in [-0.15, -0.1) is 0 Å². The van der Waals surface area contributed by atoms with Gasteiger partial charge in [-0.25, -0.2) is 0 Å². The summed E-state index contributed by atoms with van der Waals surface area (Å²) in [7, 11) is 0. The molecule has 0 unspecified atom stereocenters. The van der Waals surface area contributed by atoms with E-state index in [4.69, 9.17) is 4.42 Å². The Kier molecular flexibility index (Phi) is 16.8. The fraction of sp³-hybridized carbons (Fsp3) is 0. The lowest BCUT2D eigenvalue weighted by molar-refractivity contribution is 0.673. The minimum atomic E-state index is 0.908. The Morgan fingerprint density at radius 2 is 0.434 bits per heavy atom. The summed E-state index contributed by atoms with van der Waals surface area (Å²) in [6.07, 6.45) is 0. The van der Waals surface area contributed by atoms with Gasteiger partial charge in [0.25, 0.3) is 0 Å². The van der Waals surface area contributed by atoms with Gasteiger partial charge in [-0.05, 0) is 268 Å². The Morgan fingerprint density at radius 1 is 0.131 bits per heavy atom. The van der Waals surface area contributed by atoms with Crippen molar-refractivity contribution < 1.29 is 4.42 Å². The van der Waals surface area contributed by atoms with Crippen molar-refractivity contribution in [3.63, 3.8) is 0 Å². The van der Waals surface area contributed by atoms with E-state index in [9.17, 15) is 0 Å². The first-order valence-corrected chi connectivity index (χ1v) is 50.1. The molecule has 0 atom stereocenters. The van der Waals surface area contributed by atoms with Crippen LogP contribution in [0.2, 0.25) is 0 Å². The first kappa shape index (κ1) is 79.6. The summed E-state index contributed by atoms with van der Waals surface area (Å²) >= 11 is 0. The van der Waals surface area contributed by atoms with Crippen molar-refractivity contribution in [2.24, 2.45) is 0 Å². The quantitative estimate of drug-likeness (QED) is 0.149. The van der Waals surface area contributed by atoms with Crippen molar-refractivity contribution in [3.05, 3.63) is 497 Å². The number of nitrogens with zero attached hydrogens (tertiary/aromatic N) is 6. The normalized spacial score (nSPS) is 12.3. The van der Waals surface area contributed by atoms with Gasteiger partial charge < -0.3 is 31.8 Å². The predicted octanol–water partition coefficient (Wildman–Crippen LogP) is 37.3. The van der Waals surface area contributed by atoms with Crippen LogP contribution >= 0.6 is 0 Å². The molecular formula is C138H82N6O. The summed E-state index contributed by atoms with van der Waals surface area (Å²) in [4.78, 5) is 0. The van der Waals surface area contributed by atoms with Gasteiger partial charge >= 0.3 is 0 Å². The van der Waals surface area contributed by atoms with E-state index in [2.05, 4.69) is 525 Å². The van der Waals surface area contributed by atoms with Crippen LogP contribution in [0.15, 0.2) is 502 Å². The van der Waals surface area contributed by atoms with E-state index >= 15 is 0 Å². The molecule has 0 saturated carbocycles. The highest BCUT2D eigenvalue weighted by atomic mass is 16.3. The van der Waals surface area contributed by atoms with E-state index in [1.54, 1.807) is 0 Å². The zero-order chi connectivity index (χ0) is 94.5. The third-order valence-corrected chi connectivity index (χ3v) is 31.7. The standard InChI is InChI=1S/C52H30N2O.C46H28N2.C40H24N2/c1-2-12-36-35(11-1)39-16-9-18-42-47(39)50-48-40(36)17-10-21-45(48)54(51(50)49-41-15-5-8-22-46(41)55-52(42)49)34-29-25-32(26-30-34)31-23-27-33(28-24-31)53-43-19-6-3-13-37(43)38-14-4-7-20-44(38)53;1-3-12-29(13-4-1)31-15-9-18-33(26-31)48-41-23-11-21-36-38-28-43-39(34-19-7-8-22-40(34)47(43)32-16-5-2-6-17-32)27-37(38)35-20-10-14-30-24-25-42(48)46(44(30)35)45(36)41;1-3-12-26(13-4-1)41-34-19-8-7-16-28(34)33-23-31-29-17-9-11-25-21-22-36-40(38(25)29)39-30(32(31)24-37(33)41)18-10-20-35(39)42(36)27-14-5-2-6-15-27/h1-30H;1-28H;1-24H. The molecule has 7 nitrogen and oxygen atoms in total. The van der Waals surface area contributed by atoms with Crippen LogP contribution in [0.3, 0.4) is 0 Å². The molecular weight excluding hydrogens is 1760 g/mol. The number of hydrogen-bond donors (Lipinski definition) is 0. The second-order valence-electron chi connectivity index (χ2n) is 39.1. The molecule has 0 spiro atoms. The third kappa shape index (κ3) is 11.3. The second-order valence-corrected chi connectivity index (χ2v) is 39.1. The van der Waals surface area contributed by atoms with Gasteiger partial charge in [-0.2, -0.15) is 0 Å². The van der Waals surface area contributed by atoms with E-state index in [0.717, 1.165) is 38.7 Å². The van der Waals surface area contributed by atoms with Gasteiger partial charge in [0.2, 0.25) is 0 Å². The maximum Gasteiger partial charge on any atom is 0.145 e. The maximum atomic E-state index is 6.81.